The molecule has 1 aliphatic heterocycles. The highest BCUT2D eigenvalue weighted by molar-refractivity contribution is 7.95. The number of aliphatic carboxylic acids is 1. The van der Waals surface area contributed by atoms with E-state index in [9.17, 15) is 13.2 Å². The number of rotatable bonds is 4. The summed E-state index contributed by atoms with van der Waals surface area (Å²) in [6.45, 7) is 3.94. The molecule has 0 fully saturated rings. The number of hydrogen-bond donors (Lipinski definition) is 2. The van der Waals surface area contributed by atoms with Crippen molar-refractivity contribution in [2.75, 3.05) is 6.54 Å². The van der Waals surface area contributed by atoms with Gasteiger partial charge < -0.3 is 10.4 Å². The summed E-state index contributed by atoms with van der Waals surface area (Å²) in [7, 11) is -3.97. The maximum atomic E-state index is 11.2. The van der Waals surface area contributed by atoms with E-state index in [2.05, 4.69) is 9.71 Å². The Hall–Kier alpha value is -1.21. The van der Waals surface area contributed by atoms with E-state index in [-0.39, 0.29) is 18.2 Å². The van der Waals surface area contributed by atoms with E-state index < -0.39 is 20.9 Å². The fourth-order valence-electron chi connectivity index (χ4n) is 1.10. The van der Waals surface area contributed by atoms with Gasteiger partial charge in [-0.25, -0.2) is 4.79 Å². The molecular weight excluding hydrogens is 220 g/mol. The summed E-state index contributed by atoms with van der Waals surface area (Å²) in [5.41, 5.74) is 0.191. The highest BCUT2D eigenvalue weighted by Gasteiger charge is 2.31. The van der Waals surface area contributed by atoms with Crippen LogP contribution in [0.2, 0.25) is 0 Å². The second kappa shape index (κ2) is 4.11. The van der Waals surface area contributed by atoms with Gasteiger partial charge in [0, 0.05) is 24.4 Å². The lowest BCUT2D eigenvalue weighted by molar-refractivity contribution is -0.131. The lowest BCUT2D eigenvalue weighted by atomic mass is 10.2. The van der Waals surface area contributed by atoms with Crippen LogP contribution >= 0.6 is 0 Å². The van der Waals surface area contributed by atoms with Crippen molar-refractivity contribution in [2.45, 2.75) is 19.9 Å². The number of nitrogens with one attached hydrogen (secondary N) is 1. The molecule has 0 aliphatic carbocycles. The van der Waals surface area contributed by atoms with Crippen molar-refractivity contribution < 1.29 is 18.3 Å². The van der Waals surface area contributed by atoms with Crippen molar-refractivity contribution in [2.24, 2.45) is 4.40 Å². The summed E-state index contributed by atoms with van der Waals surface area (Å²) >= 11 is 0. The number of carboxylic acid groups (broad SMARTS) is 1. The highest BCUT2D eigenvalue weighted by Crippen LogP contribution is 2.19. The molecule has 0 spiro atoms. The zero-order valence-electron chi connectivity index (χ0n) is 8.39. The van der Waals surface area contributed by atoms with Crippen LogP contribution in [-0.4, -0.2) is 38.3 Å². The first-order valence-corrected chi connectivity index (χ1v) is 5.79. The van der Waals surface area contributed by atoms with Gasteiger partial charge in [-0.3, -0.25) is 0 Å². The average Bonchev–Trinajstić information content (AvgIpc) is 2.37. The summed E-state index contributed by atoms with van der Waals surface area (Å²) in [4.78, 5) is 10.1. The fraction of sp³-hybridized carbons (Fsp3) is 0.500. The molecule has 1 heterocycles. The molecule has 0 unspecified atom stereocenters. The van der Waals surface area contributed by atoms with Gasteiger partial charge in [0.05, 0.1) is 0 Å². The third-order valence-electron chi connectivity index (χ3n) is 1.79. The molecule has 0 atom stereocenters. The van der Waals surface area contributed by atoms with Gasteiger partial charge in [0.25, 0.3) is 10.0 Å². The Morgan fingerprint density at radius 1 is 1.60 bits per heavy atom. The predicted molar refractivity (Wildman–Crippen MR) is 55.2 cm³/mol. The monoisotopic (exact) mass is 232 g/mol. The first-order chi connectivity index (χ1) is 6.84. The molecule has 0 saturated carbocycles. The molecule has 0 aromatic carbocycles. The molecule has 0 aromatic rings. The summed E-state index contributed by atoms with van der Waals surface area (Å²) < 4.78 is 25.6. The number of carboxylic acids is 1. The first-order valence-electron chi connectivity index (χ1n) is 4.35. The molecule has 0 bridgehead atoms. The average molecular weight is 232 g/mol. The van der Waals surface area contributed by atoms with E-state index in [1.165, 1.54) is 0 Å². The van der Waals surface area contributed by atoms with Crippen LogP contribution in [0.3, 0.4) is 0 Å². The Bertz CT molecular complexity index is 434. The van der Waals surface area contributed by atoms with Crippen molar-refractivity contribution in [3.63, 3.8) is 0 Å². The van der Waals surface area contributed by atoms with Gasteiger partial charge in [0.1, 0.15) is 0 Å². The second-order valence-corrected chi connectivity index (χ2v) is 4.97. The van der Waals surface area contributed by atoms with Crippen molar-refractivity contribution >= 4 is 22.2 Å². The van der Waals surface area contributed by atoms with Gasteiger partial charge >= 0.3 is 5.97 Å². The minimum atomic E-state index is -3.97. The molecule has 6 nitrogen and oxygen atoms in total. The van der Waals surface area contributed by atoms with Gasteiger partial charge in [-0.1, -0.05) is 13.8 Å². The van der Waals surface area contributed by atoms with E-state index in [1.807, 2.05) is 13.8 Å². The Kier molecular flexibility index (Phi) is 3.25. The smallest absolute Gasteiger partial charge is 0.349 e. The second-order valence-electron chi connectivity index (χ2n) is 3.40. The number of hydrogen-bond acceptors (Lipinski definition) is 4. The van der Waals surface area contributed by atoms with Crippen LogP contribution in [0.5, 0.6) is 0 Å². The number of carbonyl (C=O) groups is 1. The zero-order valence-corrected chi connectivity index (χ0v) is 9.21. The van der Waals surface area contributed by atoms with E-state index >= 15 is 0 Å². The quantitative estimate of drug-likeness (QED) is 0.696. The van der Waals surface area contributed by atoms with E-state index in [4.69, 9.17) is 5.11 Å². The van der Waals surface area contributed by atoms with Gasteiger partial charge in [-0.05, 0) is 0 Å². The number of sulfonamides is 1. The summed E-state index contributed by atoms with van der Waals surface area (Å²) in [6, 6.07) is 0.143. The topological polar surface area (TPSA) is 95.8 Å². The first kappa shape index (κ1) is 11.9. The van der Waals surface area contributed by atoms with Gasteiger partial charge in [0.15, 0.2) is 4.91 Å². The van der Waals surface area contributed by atoms with Crippen LogP contribution in [0, 0.1) is 0 Å². The Balaban J connectivity index is 2.98. The molecule has 1 aliphatic rings. The lowest BCUT2D eigenvalue weighted by Gasteiger charge is -2.07. The van der Waals surface area contributed by atoms with Gasteiger partial charge in [0.2, 0.25) is 0 Å². The predicted octanol–water partition coefficient (Wildman–Crippen LogP) is -0.263. The van der Waals surface area contributed by atoms with Crippen LogP contribution in [0.4, 0.5) is 0 Å². The van der Waals surface area contributed by atoms with Crippen molar-refractivity contribution in [1.82, 2.24) is 5.32 Å². The highest BCUT2D eigenvalue weighted by atomic mass is 32.2. The van der Waals surface area contributed by atoms with Crippen LogP contribution in [-0.2, 0) is 14.8 Å². The molecule has 0 radical (unpaired) electrons. The molecular formula is C8H12N2O4S. The van der Waals surface area contributed by atoms with E-state index in [0.29, 0.717) is 0 Å². The minimum Gasteiger partial charge on any atom is -0.477 e. The molecule has 7 heteroatoms. The molecule has 84 valence electrons. The maximum absolute atomic E-state index is 11.2. The molecule has 0 saturated heterocycles. The minimum absolute atomic E-state index is 0.143. The van der Waals surface area contributed by atoms with Crippen LogP contribution < -0.4 is 5.32 Å². The van der Waals surface area contributed by atoms with Crippen molar-refractivity contribution in [3.05, 3.63) is 10.5 Å². The Morgan fingerprint density at radius 2 is 2.20 bits per heavy atom. The maximum Gasteiger partial charge on any atom is 0.349 e. The van der Waals surface area contributed by atoms with Crippen molar-refractivity contribution in [1.29, 1.82) is 0 Å². The molecule has 0 amide bonds. The SMILES string of the molecule is CC(C)NCC1=C(C(=O)O)S(=O)(=O)N=C1. The van der Waals surface area contributed by atoms with E-state index in [0.717, 1.165) is 6.21 Å². The van der Waals surface area contributed by atoms with Crippen molar-refractivity contribution in [3.8, 4) is 0 Å². The molecule has 1 rings (SSSR count). The summed E-state index contributed by atoms with van der Waals surface area (Å²) in [6.07, 6.45) is 1.08. The van der Waals surface area contributed by atoms with Crippen LogP contribution in [0.25, 0.3) is 0 Å². The molecule has 2 N–H and O–H groups in total. The summed E-state index contributed by atoms with van der Waals surface area (Å²) in [5.74, 6) is -1.46. The Labute approximate surface area is 87.8 Å². The molecule has 15 heavy (non-hydrogen) atoms. The Morgan fingerprint density at radius 3 is 2.67 bits per heavy atom. The third-order valence-corrected chi connectivity index (χ3v) is 3.13. The standard InChI is InChI=1S/C8H12N2O4S/c1-5(2)9-3-6-4-10-15(13,14)7(6)8(11)12/h4-5,9H,3H2,1-2H3,(H,11,12). The van der Waals surface area contributed by atoms with E-state index in [1.54, 1.807) is 0 Å². The fourth-order valence-corrected chi connectivity index (χ4v) is 2.15. The van der Waals surface area contributed by atoms with Crippen LogP contribution in [0.1, 0.15) is 13.8 Å². The normalized spacial score (nSPS) is 18.9. The van der Waals surface area contributed by atoms with Gasteiger partial charge in [-0.2, -0.15) is 12.8 Å². The molecule has 0 aromatic heterocycles. The largest absolute Gasteiger partial charge is 0.477 e. The van der Waals surface area contributed by atoms with Crippen LogP contribution in [0.15, 0.2) is 14.9 Å². The summed E-state index contributed by atoms with van der Waals surface area (Å²) in [5, 5.41) is 11.7. The number of nitrogens with zero attached hydrogens (tertiary/aromatic N) is 1. The van der Waals surface area contributed by atoms with Gasteiger partial charge in [-0.15, -0.1) is 0 Å². The third kappa shape index (κ3) is 2.63. The lowest BCUT2D eigenvalue weighted by Crippen LogP contribution is -2.26. The zero-order chi connectivity index (χ0) is 11.6.